The number of carbonyl (C=O) groups excluding carboxylic acids is 3. The van der Waals surface area contributed by atoms with E-state index in [1.165, 1.54) is 11.8 Å². The number of carboxylic acids is 1. The zero-order chi connectivity index (χ0) is 25.2. The SMILES string of the molecule is CC/C=C(\C(=O)N[C@@H]1C(=O)N2C(C(=O)O)=C(CO)CS[C@H]12)c1csc(NC(=O)OC(C)(C)C)n1. The number of ether oxygens (including phenoxy) is 1. The molecule has 2 aliphatic rings. The summed E-state index contributed by atoms with van der Waals surface area (Å²) in [6, 6.07) is -0.912. The van der Waals surface area contributed by atoms with Gasteiger partial charge in [-0.05, 0) is 32.8 Å². The molecule has 34 heavy (non-hydrogen) atoms. The molecular weight excluding hydrogens is 484 g/mol. The molecule has 2 aliphatic heterocycles. The highest BCUT2D eigenvalue weighted by atomic mass is 32.2. The van der Waals surface area contributed by atoms with Crippen LogP contribution in [-0.2, 0) is 19.1 Å². The number of carbonyl (C=O) groups is 4. The van der Waals surface area contributed by atoms with Gasteiger partial charge in [-0.15, -0.1) is 23.1 Å². The molecule has 11 nitrogen and oxygen atoms in total. The summed E-state index contributed by atoms with van der Waals surface area (Å²) in [6.07, 6.45) is 1.50. The molecule has 1 aromatic heterocycles. The van der Waals surface area contributed by atoms with Gasteiger partial charge in [-0.2, -0.15) is 0 Å². The Kier molecular flexibility index (Phi) is 7.68. The zero-order valence-electron chi connectivity index (χ0n) is 19.1. The van der Waals surface area contributed by atoms with Crippen molar-refractivity contribution >= 4 is 57.7 Å². The van der Waals surface area contributed by atoms with Gasteiger partial charge in [-0.25, -0.2) is 14.6 Å². The second kappa shape index (κ2) is 10.2. The molecule has 0 spiro atoms. The molecule has 3 rings (SSSR count). The number of hydrogen-bond acceptors (Lipinski definition) is 9. The molecule has 0 aromatic carbocycles. The van der Waals surface area contributed by atoms with Crippen molar-refractivity contribution < 1.29 is 34.1 Å². The van der Waals surface area contributed by atoms with Crippen LogP contribution in [0.15, 0.2) is 22.7 Å². The summed E-state index contributed by atoms with van der Waals surface area (Å²) in [5.41, 5.74) is -0.0999. The van der Waals surface area contributed by atoms with E-state index in [1.54, 1.807) is 32.2 Å². The lowest BCUT2D eigenvalue weighted by molar-refractivity contribution is -0.150. The Morgan fingerprint density at radius 2 is 2.06 bits per heavy atom. The van der Waals surface area contributed by atoms with E-state index in [9.17, 15) is 29.4 Å². The van der Waals surface area contributed by atoms with Crippen LogP contribution in [0, 0.1) is 0 Å². The lowest BCUT2D eigenvalue weighted by atomic mass is 10.0. The van der Waals surface area contributed by atoms with Crippen molar-refractivity contribution in [2.45, 2.75) is 51.1 Å². The molecule has 13 heteroatoms. The number of thiazole rings is 1. The molecular formula is C21H26N4O7S2. The first-order chi connectivity index (χ1) is 16.0. The van der Waals surface area contributed by atoms with Gasteiger partial charge in [0.05, 0.1) is 17.9 Å². The fraction of sp³-hybridized carbons (Fsp3) is 0.476. The topological polar surface area (TPSA) is 158 Å². The van der Waals surface area contributed by atoms with Crippen molar-refractivity contribution in [2.24, 2.45) is 0 Å². The number of anilines is 1. The van der Waals surface area contributed by atoms with Gasteiger partial charge in [-0.3, -0.25) is 19.8 Å². The number of amides is 3. The highest BCUT2D eigenvalue weighted by Crippen LogP contribution is 2.40. The number of aliphatic hydroxyl groups excluding tert-OH is 1. The molecule has 3 amide bonds. The van der Waals surface area contributed by atoms with Crippen LogP contribution < -0.4 is 10.6 Å². The molecule has 184 valence electrons. The van der Waals surface area contributed by atoms with Gasteiger partial charge >= 0.3 is 12.1 Å². The van der Waals surface area contributed by atoms with Crippen molar-refractivity contribution in [3.63, 3.8) is 0 Å². The third-order valence-corrected chi connectivity index (χ3v) is 6.87. The minimum absolute atomic E-state index is 0.230. The number of aromatic nitrogens is 1. The molecule has 0 aliphatic carbocycles. The van der Waals surface area contributed by atoms with Crippen LogP contribution in [0.2, 0.25) is 0 Å². The van der Waals surface area contributed by atoms with Gasteiger partial charge in [0.2, 0.25) is 0 Å². The number of aliphatic hydroxyl groups is 1. The molecule has 1 fully saturated rings. The monoisotopic (exact) mass is 510 g/mol. The van der Waals surface area contributed by atoms with Gasteiger partial charge in [0.1, 0.15) is 22.7 Å². The Morgan fingerprint density at radius 1 is 1.35 bits per heavy atom. The molecule has 2 atom stereocenters. The fourth-order valence-corrected chi connectivity index (χ4v) is 5.42. The summed E-state index contributed by atoms with van der Waals surface area (Å²) < 4.78 is 5.20. The smallest absolute Gasteiger partial charge is 0.413 e. The number of nitrogens with zero attached hydrogens (tertiary/aromatic N) is 2. The summed E-state index contributed by atoms with van der Waals surface area (Å²) in [7, 11) is 0. The predicted octanol–water partition coefficient (Wildman–Crippen LogP) is 2.01. The molecule has 0 bridgehead atoms. The van der Waals surface area contributed by atoms with Crippen LogP contribution in [0.5, 0.6) is 0 Å². The second-order valence-electron chi connectivity index (χ2n) is 8.47. The number of carboxylic acid groups (broad SMARTS) is 1. The van der Waals surface area contributed by atoms with E-state index in [2.05, 4.69) is 15.6 Å². The number of fused-ring (bicyclic) bond motifs is 1. The fourth-order valence-electron chi connectivity index (χ4n) is 3.39. The third kappa shape index (κ3) is 5.42. The molecule has 1 aromatic rings. The van der Waals surface area contributed by atoms with E-state index < -0.39 is 47.5 Å². The highest BCUT2D eigenvalue weighted by molar-refractivity contribution is 8.00. The van der Waals surface area contributed by atoms with E-state index in [-0.39, 0.29) is 27.7 Å². The normalized spacial score (nSPS) is 20.4. The maximum absolute atomic E-state index is 13.0. The van der Waals surface area contributed by atoms with Crippen LogP contribution in [0.25, 0.3) is 5.57 Å². The van der Waals surface area contributed by atoms with Crippen LogP contribution in [0.4, 0.5) is 9.93 Å². The van der Waals surface area contributed by atoms with Crippen molar-refractivity contribution in [1.29, 1.82) is 0 Å². The van der Waals surface area contributed by atoms with E-state index in [0.717, 1.165) is 16.2 Å². The number of β-lactam (4-membered cyclic amide) rings is 1. The standard InChI is InChI=1S/C21H26N4O7S2/c1-5-6-11(12-9-34-19(22-12)24-20(31)32-21(2,3)4)15(27)23-13-16(28)25-14(18(29)30)10(7-26)8-33-17(13)25/h6,9,13,17,26H,5,7-8H2,1-4H3,(H,23,27)(H,29,30)(H,22,24,31)/b11-6-/t13-,17-/m1/s1. The van der Waals surface area contributed by atoms with Gasteiger partial charge in [0, 0.05) is 11.1 Å². The van der Waals surface area contributed by atoms with Crippen LogP contribution in [0.3, 0.4) is 0 Å². The maximum atomic E-state index is 13.0. The van der Waals surface area contributed by atoms with Crippen molar-refractivity contribution in [3.05, 3.63) is 28.4 Å². The molecule has 0 radical (unpaired) electrons. The van der Waals surface area contributed by atoms with Crippen molar-refractivity contribution in [1.82, 2.24) is 15.2 Å². The number of thioether (sulfide) groups is 1. The highest BCUT2D eigenvalue weighted by Gasteiger charge is 2.54. The predicted molar refractivity (Wildman–Crippen MR) is 127 cm³/mol. The largest absolute Gasteiger partial charge is 0.477 e. The average molecular weight is 511 g/mol. The van der Waals surface area contributed by atoms with Gasteiger partial charge in [0.15, 0.2) is 5.13 Å². The summed E-state index contributed by atoms with van der Waals surface area (Å²) >= 11 is 2.39. The lowest BCUT2D eigenvalue weighted by Gasteiger charge is -2.49. The molecule has 0 saturated carbocycles. The van der Waals surface area contributed by atoms with Gasteiger partial charge in [-0.1, -0.05) is 13.0 Å². The maximum Gasteiger partial charge on any atom is 0.413 e. The summed E-state index contributed by atoms with van der Waals surface area (Å²) in [5, 5.41) is 25.4. The number of nitrogens with one attached hydrogen (secondary N) is 2. The third-order valence-electron chi connectivity index (χ3n) is 4.77. The Hall–Kier alpha value is -2.90. The second-order valence-corrected chi connectivity index (χ2v) is 10.4. The van der Waals surface area contributed by atoms with E-state index in [0.29, 0.717) is 12.1 Å². The Labute approximate surface area is 204 Å². The minimum Gasteiger partial charge on any atom is -0.477 e. The number of hydrogen-bond donors (Lipinski definition) is 4. The first-order valence-electron chi connectivity index (χ1n) is 10.4. The number of allylic oxidation sites excluding steroid dienone is 1. The molecule has 4 N–H and O–H groups in total. The summed E-state index contributed by atoms with van der Waals surface area (Å²) in [6.45, 7) is 6.58. The van der Waals surface area contributed by atoms with Crippen molar-refractivity contribution in [2.75, 3.05) is 17.7 Å². The summed E-state index contributed by atoms with van der Waals surface area (Å²) in [4.78, 5) is 54.7. The number of aliphatic carboxylic acids is 1. The van der Waals surface area contributed by atoms with Crippen LogP contribution in [0.1, 0.15) is 39.8 Å². The van der Waals surface area contributed by atoms with Crippen LogP contribution in [-0.4, -0.2) is 73.4 Å². The Morgan fingerprint density at radius 3 is 2.65 bits per heavy atom. The molecule has 3 heterocycles. The van der Waals surface area contributed by atoms with Gasteiger partial charge < -0.3 is 20.3 Å². The van der Waals surface area contributed by atoms with E-state index in [4.69, 9.17) is 4.74 Å². The van der Waals surface area contributed by atoms with Crippen molar-refractivity contribution in [3.8, 4) is 0 Å². The first kappa shape index (κ1) is 25.7. The quantitative estimate of drug-likeness (QED) is 0.318. The Bertz CT molecular complexity index is 1070. The van der Waals surface area contributed by atoms with Gasteiger partial charge in [0.25, 0.3) is 11.8 Å². The number of rotatable bonds is 7. The molecule has 1 saturated heterocycles. The first-order valence-corrected chi connectivity index (χ1v) is 12.4. The molecule has 0 unspecified atom stereocenters. The van der Waals surface area contributed by atoms with E-state index >= 15 is 0 Å². The van der Waals surface area contributed by atoms with Crippen LogP contribution >= 0.6 is 23.1 Å². The summed E-state index contributed by atoms with van der Waals surface area (Å²) in [5.74, 6) is -2.16. The lowest BCUT2D eigenvalue weighted by Crippen LogP contribution is -2.70. The zero-order valence-corrected chi connectivity index (χ0v) is 20.7. The minimum atomic E-state index is -1.30. The average Bonchev–Trinajstić information content (AvgIpc) is 3.20. The Balaban J connectivity index is 1.72. The van der Waals surface area contributed by atoms with E-state index in [1.807, 2.05) is 6.92 Å².